The first-order valence-corrected chi connectivity index (χ1v) is 10.9. The highest BCUT2D eigenvalue weighted by Crippen LogP contribution is 2.28. The summed E-state index contributed by atoms with van der Waals surface area (Å²) in [6.07, 6.45) is 1.27. The maximum Gasteiger partial charge on any atom is 0.207 e. The van der Waals surface area contributed by atoms with E-state index >= 15 is 0 Å². The zero-order chi connectivity index (χ0) is 18.5. The van der Waals surface area contributed by atoms with Gasteiger partial charge in [-0.05, 0) is 41.5 Å². The Kier molecular flexibility index (Phi) is 6.87. The predicted octanol–water partition coefficient (Wildman–Crippen LogP) is 4.15. The molecule has 0 radical (unpaired) electrons. The van der Waals surface area contributed by atoms with Gasteiger partial charge in [-0.1, -0.05) is 46.2 Å². The van der Waals surface area contributed by atoms with Crippen molar-refractivity contribution >= 4 is 17.9 Å². The lowest BCUT2D eigenvalue weighted by Crippen LogP contribution is -2.51. The largest absolute Gasteiger partial charge is 0.340 e. The molecule has 4 nitrogen and oxygen atoms in total. The highest BCUT2D eigenvalue weighted by atomic mass is 32.2. The number of rotatable bonds is 6. The van der Waals surface area contributed by atoms with Crippen LogP contribution in [0.2, 0.25) is 0 Å². The number of nitrogens with zero attached hydrogens (tertiary/aromatic N) is 4. The van der Waals surface area contributed by atoms with E-state index < -0.39 is 0 Å². The molecule has 0 aromatic heterocycles. The summed E-state index contributed by atoms with van der Waals surface area (Å²) in [6.45, 7) is 16.8. The summed E-state index contributed by atoms with van der Waals surface area (Å²) in [7, 11) is 0. The average molecular weight is 375 g/mol. The van der Waals surface area contributed by atoms with Crippen LogP contribution in [-0.4, -0.2) is 65.9 Å². The summed E-state index contributed by atoms with van der Waals surface area (Å²) < 4.78 is 2.38. The topological polar surface area (TPSA) is 22.1 Å². The molecule has 0 spiro atoms. The zero-order valence-corrected chi connectivity index (χ0v) is 17.6. The van der Waals surface area contributed by atoms with Crippen LogP contribution in [0.25, 0.3) is 0 Å². The minimum Gasteiger partial charge on any atom is -0.340 e. The van der Waals surface area contributed by atoms with E-state index in [1.54, 1.807) is 0 Å². The molecule has 26 heavy (non-hydrogen) atoms. The van der Waals surface area contributed by atoms with Crippen LogP contribution in [0.5, 0.6) is 0 Å². The fraction of sp³-hybridized carbons (Fsp3) is 0.667. The van der Waals surface area contributed by atoms with Crippen LogP contribution in [0, 0.1) is 5.92 Å². The zero-order valence-electron chi connectivity index (χ0n) is 16.8. The fourth-order valence-corrected chi connectivity index (χ4v) is 4.45. The van der Waals surface area contributed by atoms with E-state index in [1.165, 1.54) is 29.4 Å². The number of aliphatic imine (C=N–C) groups is 1. The fourth-order valence-electron chi connectivity index (χ4n) is 3.51. The minimum absolute atomic E-state index is 0.588. The first-order valence-electron chi connectivity index (χ1n) is 10.1. The van der Waals surface area contributed by atoms with Gasteiger partial charge >= 0.3 is 0 Å². The second kappa shape index (κ2) is 9.14. The molecule has 2 aliphatic rings. The smallest absolute Gasteiger partial charge is 0.207 e. The first kappa shape index (κ1) is 19.6. The SMILES string of the molecule is CCC(C)CN1CCN(C2=NCCN2Sc2ccc(C(C)C)cc2)CC1. The molecule has 1 aromatic carbocycles. The van der Waals surface area contributed by atoms with E-state index in [1.807, 2.05) is 11.9 Å². The van der Waals surface area contributed by atoms with Crippen molar-refractivity contribution in [1.82, 2.24) is 14.1 Å². The molecule has 1 aromatic rings. The molecule has 0 amide bonds. The number of hydrogen-bond donors (Lipinski definition) is 0. The van der Waals surface area contributed by atoms with Gasteiger partial charge in [0.25, 0.3) is 0 Å². The molecular formula is C21H34N4S. The number of piperazine rings is 1. The second-order valence-corrected chi connectivity index (χ2v) is 8.99. The van der Waals surface area contributed by atoms with E-state index in [9.17, 15) is 0 Å². The van der Waals surface area contributed by atoms with E-state index in [4.69, 9.17) is 4.99 Å². The molecule has 2 heterocycles. The van der Waals surface area contributed by atoms with Crippen LogP contribution in [0.4, 0.5) is 0 Å². The Balaban J connectivity index is 1.54. The summed E-state index contributed by atoms with van der Waals surface area (Å²) >= 11 is 1.84. The van der Waals surface area contributed by atoms with E-state index in [0.717, 1.165) is 45.2 Å². The summed E-state index contributed by atoms with van der Waals surface area (Å²) in [5, 5.41) is 0. The van der Waals surface area contributed by atoms with Gasteiger partial charge in [-0.25, -0.2) is 0 Å². The summed E-state index contributed by atoms with van der Waals surface area (Å²) in [5.41, 5.74) is 1.40. The molecule has 5 heteroatoms. The van der Waals surface area contributed by atoms with Crippen molar-refractivity contribution in [3.05, 3.63) is 29.8 Å². The van der Waals surface area contributed by atoms with Crippen LogP contribution < -0.4 is 0 Å². The van der Waals surface area contributed by atoms with Crippen molar-refractivity contribution in [3.8, 4) is 0 Å². The molecule has 1 fully saturated rings. The van der Waals surface area contributed by atoms with E-state index in [2.05, 4.69) is 66.1 Å². The Labute approximate surface area is 163 Å². The summed E-state index contributed by atoms with van der Waals surface area (Å²) in [5.74, 6) is 2.57. The molecule has 1 unspecified atom stereocenters. The number of benzene rings is 1. The second-order valence-electron chi connectivity index (χ2n) is 7.90. The van der Waals surface area contributed by atoms with Gasteiger partial charge in [0, 0.05) is 37.6 Å². The third-order valence-corrected chi connectivity index (χ3v) is 6.51. The van der Waals surface area contributed by atoms with Crippen LogP contribution in [0.1, 0.15) is 45.6 Å². The molecule has 2 aliphatic heterocycles. The van der Waals surface area contributed by atoms with Crippen molar-refractivity contribution < 1.29 is 0 Å². The third kappa shape index (κ3) is 4.95. The Morgan fingerprint density at radius 2 is 1.69 bits per heavy atom. The van der Waals surface area contributed by atoms with Gasteiger partial charge in [0.05, 0.1) is 13.1 Å². The number of hydrogen-bond acceptors (Lipinski definition) is 5. The lowest BCUT2D eigenvalue weighted by atomic mass is 10.0. The molecule has 144 valence electrons. The van der Waals surface area contributed by atoms with Crippen LogP contribution in [0.15, 0.2) is 34.2 Å². The van der Waals surface area contributed by atoms with Crippen molar-refractivity contribution in [3.63, 3.8) is 0 Å². The van der Waals surface area contributed by atoms with Gasteiger partial charge in [-0.3, -0.25) is 14.2 Å². The summed E-state index contributed by atoms with van der Waals surface area (Å²) in [6, 6.07) is 9.02. The standard InChI is InChI=1S/C21H34N4S/c1-5-18(4)16-23-12-14-24(15-13-23)21-22-10-11-25(21)26-20-8-6-19(7-9-20)17(2)3/h6-9,17-18H,5,10-16H2,1-4H3. The Morgan fingerprint density at radius 3 is 2.31 bits per heavy atom. The van der Waals surface area contributed by atoms with Gasteiger partial charge in [0.2, 0.25) is 5.96 Å². The highest BCUT2D eigenvalue weighted by Gasteiger charge is 2.27. The number of guanidine groups is 1. The van der Waals surface area contributed by atoms with Crippen molar-refractivity contribution in [2.75, 3.05) is 45.8 Å². The first-order chi connectivity index (χ1) is 12.6. The average Bonchev–Trinajstić information content (AvgIpc) is 3.10. The quantitative estimate of drug-likeness (QED) is 0.697. The van der Waals surface area contributed by atoms with Crippen LogP contribution in [0.3, 0.4) is 0 Å². The van der Waals surface area contributed by atoms with Gasteiger partial charge in [-0.2, -0.15) is 0 Å². The highest BCUT2D eigenvalue weighted by molar-refractivity contribution is 7.97. The maximum atomic E-state index is 4.81. The lowest BCUT2D eigenvalue weighted by Gasteiger charge is -2.38. The Bertz CT molecular complexity index is 591. The van der Waals surface area contributed by atoms with E-state index in [0.29, 0.717) is 5.92 Å². The van der Waals surface area contributed by atoms with E-state index in [-0.39, 0.29) is 0 Å². The molecule has 0 N–H and O–H groups in total. The van der Waals surface area contributed by atoms with Crippen LogP contribution in [-0.2, 0) is 0 Å². The minimum atomic E-state index is 0.588. The van der Waals surface area contributed by atoms with Gasteiger partial charge in [0.15, 0.2) is 0 Å². The maximum absolute atomic E-state index is 4.81. The molecule has 0 saturated carbocycles. The Hall–Kier alpha value is -1.20. The predicted molar refractivity (Wildman–Crippen MR) is 113 cm³/mol. The third-order valence-electron chi connectivity index (χ3n) is 5.46. The molecule has 1 saturated heterocycles. The van der Waals surface area contributed by atoms with Gasteiger partial charge < -0.3 is 4.90 Å². The van der Waals surface area contributed by atoms with Crippen molar-refractivity contribution in [2.24, 2.45) is 10.9 Å². The van der Waals surface area contributed by atoms with Gasteiger partial charge in [0.1, 0.15) is 0 Å². The molecule has 3 rings (SSSR count). The molecular weight excluding hydrogens is 340 g/mol. The van der Waals surface area contributed by atoms with Crippen LogP contribution >= 0.6 is 11.9 Å². The molecule has 0 aliphatic carbocycles. The molecule has 0 bridgehead atoms. The Morgan fingerprint density at radius 1 is 1.00 bits per heavy atom. The van der Waals surface area contributed by atoms with Gasteiger partial charge in [-0.15, -0.1) is 0 Å². The molecule has 1 atom stereocenters. The van der Waals surface area contributed by atoms with Crippen molar-refractivity contribution in [2.45, 2.75) is 44.9 Å². The monoisotopic (exact) mass is 374 g/mol. The summed E-state index contributed by atoms with van der Waals surface area (Å²) in [4.78, 5) is 11.2. The normalized spacial score (nSPS) is 20.0. The lowest BCUT2D eigenvalue weighted by molar-refractivity contribution is 0.157. The van der Waals surface area contributed by atoms with Crippen molar-refractivity contribution in [1.29, 1.82) is 0 Å².